The molecule has 0 aliphatic carbocycles. The molecule has 1 aromatic heterocycles. The van der Waals surface area contributed by atoms with E-state index in [9.17, 15) is 9.18 Å². The number of Topliss-reactive ketones (excluding diaryl/α,β-unsaturated/α-hetero) is 1. The highest BCUT2D eigenvalue weighted by molar-refractivity contribution is 7.18. The second-order valence-corrected chi connectivity index (χ2v) is 5.85. The van der Waals surface area contributed by atoms with E-state index in [0.717, 1.165) is 16.3 Å². The van der Waals surface area contributed by atoms with Gasteiger partial charge in [0.2, 0.25) is 0 Å². The fraction of sp³-hybridized carbons (Fsp3) is 0.0667. The molecule has 2 aromatic carbocycles. The van der Waals surface area contributed by atoms with Gasteiger partial charge in [0.1, 0.15) is 10.8 Å². The van der Waals surface area contributed by atoms with Gasteiger partial charge in [-0.15, -0.1) is 11.3 Å². The van der Waals surface area contributed by atoms with Crippen LogP contribution in [0.5, 0.6) is 0 Å². The molecule has 2 nitrogen and oxygen atoms in total. The SMILES string of the molecule is O=C(Cc1nc2ccccc2s1)c1ccc(Cl)cc1F. The summed E-state index contributed by atoms with van der Waals surface area (Å²) in [5.74, 6) is -0.887. The molecule has 5 heteroatoms. The number of fused-ring (bicyclic) bond motifs is 1. The zero-order valence-corrected chi connectivity index (χ0v) is 11.8. The molecule has 100 valence electrons. The van der Waals surface area contributed by atoms with Crippen molar-refractivity contribution in [2.24, 2.45) is 0 Å². The molecule has 0 radical (unpaired) electrons. The Kier molecular flexibility index (Phi) is 3.51. The van der Waals surface area contributed by atoms with Gasteiger partial charge in [-0.2, -0.15) is 0 Å². The van der Waals surface area contributed by atoms with Crippen LogP contribution in [0.2, 0.25) is 5.02 Å². The Balaban J connectivity index is 1.88. The highest BCUT2D eigenvalue weighted by Crippen LogP contribution is 2.23. The van der Waals surface area contributed by atoms with Crippen LogP contribution in [0.1, 0.15) is 15.4 Å². The number of benzene rings is 2. The zero-order valence-electron chi connectivity index (χ0n) is 10.3. The molecule has 3 rings (SSSR count). The van der Waals surface area contributed by atoms with E-state index in [4.69, 9.17) is 11.6 Å². The molecule has 1 heterocycles. The predicted molar refractivity (Wildman–Crippen MR) is 79.1 cm³/mol. The number of nitrogens with zero attached hydrogens (tertiary/aromatic N) is 1. The van der Waals surface area contributed by atoms with Crippen LogP contribution in [0, 0.1) is 5.82 Å². The Bertz CT molecular complexity index is 766. The second-order valence-electron chi connectivity index (χ2n) is 4.30. The second kappa shape index (κ2) is 5.31. The van der Waals surface area contributed by atoms with Gasteiger partial charge in [0.25, 0.3) is 0 Å². The van der Waals surface area contributed by atoms with Crippen LogP contribution >= 0.6 is 22.9 Å². The molecule has 3 aromatic rings. The van der Waals surface area contributed by atoms with Crippen LogP contribution in [0.25, 0.3) is 10.2 Å². The van der Waals surface area contributed by atoms with Crippen LogP contribution in [-0.4, -0.2) is 10.8 Å². The van der Waals surface area contributed by atoms with Gasteiger partial charge in [-0.05, 0) is 30.3 Å². The third-order valence-electron chi connectivity index (χ3n) is 2.88. The van der Waals surface area contributed by atoms with Crippen LogP contribution in [0.15, 0.2) is 42.5 Å². The van der Waals surface area contributed by atoms with Gasteiger partial charge in [-0.25, -0.2) is 9.37 Å². The molecule has 0 spiro atoms. The molecule has 0 atom stereocenters. The molecule has 0 aliphatic heterocycles. The first-order chi connectivity index (χ1) is 9.63. The smallest absolute Gasteiger partial charge is 0.172 e. The number of aromatic nitrogens is 1. The van der Waals surface area contributed by atoms with Crippen molar-refractivity contribution in [3.8, 4) is 0 Å². The van der Waals surface area contributed by atoms with E-state index in [-0.39, 0.29) is 22.8 Å². The molecular weight excluding hydrogens is 297 g/mol. The third kappa shape index (κ3) is 2.57. The number of ketones is 1. The van der Waals surface area contributed by atoms with Crippen molar-refractivity contribution in [1.29, 1.82) is 0 Å². The molecule has 0 bridgehead atoms. The van der Waals surface area contributed by atoms with Gasteiger partial charge >= 0.3 is 0 Å². The standard InChI is InChI=1S/C15H9ClFNOS/c16-9-5-6-10(11(17)7-9)13(19)8-15-18-12-3-1-2-4-14(12)20-15/h1-7H,8H2. The van der Waals surface area contributed by atoms with Crippen LogP contribution in [-0.2, 0) is 6.42 Å². The number of thiazole rings is 1. The Morgan fingerprint density at radius 3 is 2.80 bits per heavy atom. The van der Waals surface area contributed by atoms with E-state index in [2.05, 4.69) is 4.98 Å². The van der Waals surface area contributed by atoms with Crippen molar-refractivity contribution in [1.82, 2.24) is 4.98 Å². The summed E-state index contributed by atoms with van der Waals surface area (Å²) in [6.45, 7) is 0. The first kappa shape index (κ1) is 13.2. The van der Waals surface area contributed by atoms with E-state index in [0.29, 0.717) is 5.01 Å². The summed E-state index contributed by atoms with van der Waals surface area (Å²) in [4.78, 5) is 16.5. The molecule has 0 fully saturated rings. The van der Waals surface area contributed by atoms with Gasteiger partial charge in [-0.1, -0.05) is 23.7 Å². The minimum Gasteiger partial charge on any atom is -0.294 e. The lowest BCUT2D eigenvalue weighted by atomic mass is 10.1. The van der Waals surface area contributed by atoms with Crippen molar-refractivity contribution in [2.45, 2.75) is 6.42 Å². The van der Waals surface area contributed by atoms with Crippen molar-refractivity contribution in [2.75, 3.05) is 0 Å². The number of halogens is 2. The number of rotatable bonds is 3. The van der Waals surface area contributed by atoms with Crippen LogP contribution in [0.4, 0.5) is 4.39 Å². The lowest BCUT2D eigenvalue weighted by Crippen LogP contribution is -2.05. The summed E-state index contributed by atoms with van der Waals surface area (Å²) in [6, 6.07) is 11.7. The Morgan fingerprint density at radius 2 is 2.05 bits per heavy atom. The van der Waals surface area contributed by atoms with Gasteiger partial charge in [0.05, 0.1) is 22.2 Å². The average Bonchev–Trinajstić information content (AvgIpc) is 2.80. The zero-order chi connectivity index (χ0) is 14.1. The van der Waals surface area contributed by atoms with E-state index >= 15 is 0 Å². The maximum Gasteiger partial charge on any atom is 0.172 e. The van der Waals surface area contributed by atoms with Crippen molar-refractivity contribution < 1.29 is 9.18 Å². The van der Waals surface area contributed by atoms with Crippen molar-refractivity contribution in [3.63, 3.8) is 0 Å². The maximum absolute atomic E-state index is 13.7. The highest BCUT2D eigenvalue weighted by atomic mass is 35.5. The fourth-order valence-corrected chi connectivity index (χ4v) is 3.07. The first-order valence-electron chi connectivity index (χ1n) is 5.96. The van der Waals surface area contributed by atoms with E-state index in [1.165, 1.54) is 23.5 Å². The summed E-state index contributed by atoms with van der Waals surface area (Å²) >= 11 is 7.12. The van der Waals surface area contributed by atoms with Gasteiger partial charge < -0.3 is 0 Å². The Morgan fingerprint density at radius 1 is 1.25 bits per heavy atom. The number of para-hydroxylation sites is 1. The number of carbonyl (C=O) groups excluding carboxylic acids is 1. The van der Waals surface area contributed by atoms with E-state index < -0.39 is 5.82 Å². The lowest BCUT2D eigenvalue weighted by Gasteiger charge is -2.01. The van der Waals surface area contributed by atoms with Gasteiger partial charge in [-0.3, -0.25) is 4.79 Å². The first-order valence-corrected chi connectivity index (χ1v) is 7.15. The maximum atomic E-state index is 13.7. The molecule has 0 unspecified atom stereocenters. The minimum absolute atomic E-state index is 0.0497. The lowest BCUT2D eigenvalue weighted by molar-refractivity contribution is 0.0989. The quantitative estimate of drug-likeness (QED) is 0.666. The van der Waals surface area contributed by atoms with Crippen LogP contribution in [0.3, 0.4) is 0 Å². The highest BCUT2D eigenvalue weighted by Gasteiger charge is 2.15. The molecule has 0 N–H and O–H groups in total. The Hall–Kier alpha value is -1.78. The van der Waals surface area contributed by atoms with E-state index in [1.54, 1.807) is 0 Å². The summed E-state index contributed by atoms with van der Waals surface area (Å²) in [7, 11) is 0. The minimum atomic E-state index is -0.594. The third-order valence-corrected chi connectivity index (χ3v) is 4.15. The number of hydrogen-bond acceptors (Lipinski definition) is 3. The van der Waals surface area contributed by atoms with Crippen LogP contribution < -0.4 is 0 Å². The molecule has 0 saturated heterocycles. The summed E-state index contributed by atoms with van der Waals surface area (Å²) in [5.41, 5.74) is 0.908. The van der Waals surface area contributed by atoms with Crippen molar-refractivity contribution in [3.05, 3.63) is 63.9 Å². The number of carbonyl (C=O) groups is 1. The topological polar surface area (TPSA) is 30.0 Å². The summed E-state index contributed by atoms with van der Waals surface area (Å²) < 4.78 is 14.7. The largest absolute Gasteiger partial charge is 0.294 e. The summed E-state index contributed by atoms with van der Waals surface area (Å²) in [5, 5.41) is 0.963. The van der Waals surface area contributed by atoms with Gasteiger partial charge in [0, 0.05) is 5.02 Å². The Labute approximate surface area is 123 Å². The normalized spacial score (nSPS) is 10.9. The average molecular weight is 306 g/mol. The molecule has 0 aliphatic rings. The summed E-state index contributed by atoms with van der Waals surface area (Å²) in [6.07, 6.45) is 0.0951. The van der Waals surface area contributed by atoms with Gasteiger partial charge in [0.15, 0.2) is 5.78 Å². The van der Waals surface area contributed by atoms with E-state index in [1.807, 2.05) is 24.3 Å². The number of hydrogen-bond donors (Lipinski definition) is 0. The molecule has 0 amide bonds. The predicted octanol–water partition coefficient (Wildman–Crippen LogP) is 4.51. The monoisotopic (exact) mass is 305 g/mol. The molecule has 20 heavy (non-hydrogen) atoms. The molecule has 0 saturated carbocycles. The fourth-order valence-electron chi connectivity index (χ4n) is 1.94. The molecular formula is C15H9ClFNOS. The van der Waals surface area contributed by atoms with Crippen molar-refractivity contribution >= 4 is 38.9 Å².